The summed E-state index contributed by atoms with van der Waals surface area (Å²) in [6.07, 6.45) is -2.11. The van der Waals surface area contributed by atoms with Crippen molar-refractivity contribution < 1.29 is 49.7 Å². The van der Waals surface area contributed by atoms with E-state index >= 15 is 4.39 Å². The highest BCUT2D eigenvalue weighted by Gasteiger charge is 2.44. The van der Waals surface area contributed by atoms with Crippen LogP contribution < -0.4 is 16.8 Å². The average molecular weight is 621 g/mol. The van der Waals surface area contributed by atoms with E-state index in [0.717, 1.165) is 16.8 Å². The number of carbonyl (C=O) groups excluding carboxylic acids is 3. The molecule has 1 aromatic carbocycles. The Morgan fingerprint density at radius 3 is 2.38 bits per heavy atom. The molecule has 0 unspecified atom stereocenters. The van der Waals surface area contributed by atoms with Gasteiger partial charge in [0.05, 0.1) is 46.9 Å². The summed E-state index contributed by atoms with van der Waals surface area (Å²) in [5.41, 5.74) is 8.17. The van der Waals surface area contributed by atoms with Gasteiger partial charge in [-0.2, -0.15) is 21.6 Å². The number of carbonyl (C=O) groups is 3. The summed E-state index contributed by atoms with van der Waals surface area (Å²) in [6, 6.07) is 1.72. The van der Waals surface area contributed by atoms with Gasteiger partial charge in [0, 0.05) is 18.3 Å². The summed E-state index contributed by atoms with van der Waals surface area (Å²) in [7, 11) is -3.67. The standard InChI is InChI=1S/C25H28F4N4O4.CH4O3S/c1-24(2)8-17-21(18(34)9-24)13(25(27,28)29)11-33(17)12-6-14(26)22(23(31)36)16(7-12)32-15-4-3-5-19(15)37-20(35)10-30;1-5(2,3)4/h6-7,11,15,19,32H,3-5,8-10,30H2,1-2H3,(H2,31,36);1H3,(H,2,3,4)/t15-,19-;/m0./s1. The predicted octanol–water partition coefficient (Wildman–Crippen LogP) is 3.23. The van der Waals surface area contributed by atoms with Gasteiger partial charge in [-0.05, 0) is 43.2 Å². The van der Waals surface area contributed by atoms with E-state index in [9.17, 15) is 36.0 Å². The van der Waals surface area contributed by atoms with Crippen molar-refractivity contribution in [2.24, 2.45) is 16.9 Å². The second kappa shape index (κ2) is 12.0. The van der Waals surface area contributed by atoms with Crippen molar-refractivity contribution in [1.82, 2.24) is 4.57 Å². The monoisotopic (exact) mass is 620 g/mol. The number of anilines is 1. The zero-order chi connectivity index (χ0) is 31.8. The molecule has 42 heavy (non-hydrogen) atoms. The van der Waals surface area contributed by atoms with Crippen LogP contribution in [-0.2, 0) is 32.2 Å². The quantitative estimate of drug-likeness (QED) is 0.214. The maximum atomic E-state index is 15.2. The SMILES string of the molecule is CC1(C)CC(=O)c2c(C(F)(F)F)cn(-c3cc(F)c(C(N)=O)c(N[C@H]4CCC[C@@H]4OC(=O)CN)c3)c2C1.CS(=O)(=O)O. The summed E-state index contributed by atoms with van der Waals surface area (Å²) in [5, 5.41) is 3.00. The summed E-state index contributed by atoms with van der Waals surface area (Å²) in [5.74, 6) is -3.39. The van der Waals surface area contributed by atoms with Crippen LogP contribution in [0.25, 0.3) is 5.69 Å². The van der Waals surface area contributed by atoms with Crippen molar-refractivity contribution in [2.45, 2.75) is 64.3 Å². The molecule has 1 saturated carbocycles. The van der Waals surface area contributed by atoms with E-state index in [4.69, 9.17) is 20.8 Å². The van der Waals surface area contributed by atoms with Crippen molar-refractivity contribution in [3.63, 3.8) is 0 Å². The Labute approximate surface area is 239 Å². The summed E-state index contributed by atoms with van der Waals surface area (Å²) in [4.78, 5) is 36.6. The number of ether oxygens (including phenoxy) is 1. The predicted molar refractivity (Wildman–Crippen MR) is 143 cm³/mol. The zero-order valence-corrected chi connectivity index (χ0v) is 23.9. The maximum Gasteiger partial charge on any atom is 0.418 e. The lowest BCUT2D eigenvalue weighted by molar-refractivity contribution is -0.147. The van der Waals surface area contributed by atoms with Crippen molar-refractivity contribution in [2.75, 3.05) is 18.1 Å². The van der Waals surface area contributed by atoms with Gasteiger partial charge >= 0.3 is 12.1 Å². The van der Waals surface area contributed by atoms with Crippen molar-refractivity contribution in [3.8, 4) is 5.69 Å². The van der Waals surface area contributed by atoms with E-state index in [-0.39, 0.29) is 36.5 Å². The lowest BCUT2D eigenvalue weighted by Crippen LogP contribution is -2.35. The number of hydrogen-bond donors (Lipinski definition) is 4. The van der Waals surface area contributed by atoms with Crippen molar-refractivity contribution in [1.29, 1.82) is 0 Å². The number of esters is 1. The topological polar surface area (TPSA) is 184 Å². The molecular weight excluding hydrogens is 588 g/mol. The maximum absolute atomic E-state index is 15.2. The van der Waals surface area contributed by atoms with Gasteiger partial charge in [-0.3, -0.25) is 18.9 Å². The molecule has 2 aliphatic rings. The molecule has 16 heteroatoms. The van der Waals surface area contributed by atoms with Gasteiger partial charge in [0.1, 0.15) is 11.9 Å². The Balaban J connectivity index is 0.000000892. The number of benzene rings is 1. The molecule has 11 nitrogen and oxygen atoms in total. The van der Waals surface area contributed by atoms with Gasteiger partial charge in [-0.25, -0.2) is 4.39 Å². The number of Topliss-reactive ketones (excluding diaryl/α,β-unsaturated/α-hetero) is 1. The minimum absolute atomic E-state index is 0.0178. The minimum atomic E-state index is -4.80. The fourth-order valence-corrected chi connectivity index (χ4v) is 5.26. The zero-order valence-electron chi connectivity index (χ0n) is 23.0. The number of aromatic nitrogens is 1. The van der Waals surface area contributed by atoms with Crippen LogP contribution in [0.1, 0.15) is 71.5 Å². The van der Waals surface area contributed by atoms with Gasteiger partial charge in [0.2, 0.25) is 0 Å². The Kier molecular flexibility index (Phi) is 9.44. The number of nitrogens with one attached hydrogen (secondary N) is 1. The number of nitrogens with two attached hydrogens (primary N) is 2. The molecule has 1 fully saturated rings. The third-order valence-corrected chi connectivity index (χ3v) is 6.82. The van der Waals surface area contributed by atoms with Crippen LogP contribution in [0.15, 0.2) is 18.3 Å². The second-order valence-corrected chi connectivity index (χ2v) is 12.5. The molecule has 4 rings (SSSR count). The molecular formula is C26H32F4N4O7S. The first-order valence-corrected chi connectivity index (χ1v) is 14.6. The lowest BCUT2D eigenvalue weighted by Gasteiger charge is -2.30. The number of nitrogens with zero attached hydrogens (tertiary/aromatic N) is 1. The van der Waals surface area contributed by atoms with Crippen LogP contribution in [0, 0.1) is 11.2 Å². The first kappa shape index (κ1) is 33.0. The lowest BCUT2D eigenvalue weighted by atomic mass is 9.75. The molecule has 0 saturated heterocycles. The third-order valence-electron chi connectivity index (χ3n) is 6.82. The molecule has 1 aromatic heterocycles. The molecule has 2 aromatic rings. The molecule has 0 radical (unpaired) electrons. The Morgan fingerprint density at radius 1 is 1.21 bits per heavy atom. The largest absolute Gasteiger partial charge is 0.459 e. The van der Waals surface area contributed by atoms with Crippen LogP contribution in [-0.4, -0.2) is 60.1 Å². The summed E-state index contributed by atoms with van der Waals surface area (Å²) < 4.78 is 89.2. The number of hydrogen-bond acceptors (Lipinski definition) is 8. The highest BCUT2D eigenvalue weighted by molar-refractivity contribution is 7.85. The smallest absolute Gasteiger partial charge is 0.418 e. The van der Waals surface area contributed by atoms with E-state index in [2.05, 4.69) is 5.32 Å². The van der Waals surface area contributed by atoms with Gasteiger partial charge in [0.15, 0.2) is 5.78 Å². The van der Waals surface area contributed by atoms with Crippen LogP contribution in [0.2, 0.25) is 0 Å². The Bertz CT molecular complexity index is 1490. The van der Waals surface area contributed by atoms with Gasteiger partial charge < -0.3 is 26.1 Å². The molecule has 6 N–H and O–H groups in total. The fraction of sp³-hybridized carbons (Fsp3) is 0.500. The number of ketones is 1. The van der Waals surface area contributed by atoms with E-state index in [0.29, 0.717) is 25.5 Å². The number of halogens is 4. The number of primary amides is 1. The van der Waals surface area contributed by atoms with Crippen LogP contribution in [0.4, 0.5) is 23.2 Å². The fourth-order valence-electron chi connectivity index (χ4n) is 5.26. The van der Waals surface area contributed by atoms with E-state index in [1.807, 2.05) is 0 Å². The van der Waals surface area contributed by atoms with Crippen LogP contribution >= 0.6 is 0 Å². The van der Waals surface area contributed by atoms with Gasteiger partial charge in [0.25, 0.3) is 16.0 Å². The van der Waals surface area contributed by atoms with Crippen LogP contribution in [0.3, 0.4) is 0 Å². The van der Waals surface area contributed by atoms with Gasteiger partial charge in [-0.1, -0.05) is 13.8 Å². The molecule has 0 aliphatic heterocycles. The third kappa shape index (κ3) is 7.86. The van der Waals surface area contributed by atoms with Crippen molar-refractivity contribution >= 4 is 33.5 Å². The number of rotatable bonds is 6. The average Bonchev–Trinajstić information content (AvgIpc) is 3.40. The molecule has 2 aliphatic carbocycles. The van der Waals surface area contributed by atoms with E-state index in [1.54, 1.807) is 13.8 Å². The highest BCUT2D eigenvalue weighted by atomic mass is 32.2. The number of amides is 1. The summed E-state index contributed by atoms with van der Waals surface area (Å²) in [6.45, 7) is 3.21. The Hall–Kier alpha value is -3.50. The molecule has 0 bridgehead atoms. The van der Waals surface area contributed by atoms with Gasteiger partial charge in [-0.15, -0.1) is 0 Å². The second-order valence-electron chi connectivity index (χ2n) is 11.0. The Morgan fingerprint density at radius 2 is 1.83 bits per heavy atom. The molecule has 1 heterocycles. The molecule has 1 amide bonds. The molecule has 2 atom stereocenters. The highest BCUT2D eigenvalue weighted by Crippen LogP contribution is 2.43. The molecule has 0 spiro atoms. The minimum Gasteiger partial charge on any atom is -0.459 e. The van der Waals surface area contributed by atoms with E-state index < -0.39 is 74.0 Å². The number of alkyl halides is 3. The normalized spacial score (nSPS) is 19.9. The first-order valence-electron chi connectivity index (χ1n) is 12.8. The molecule has 232 valence electrons. The van der Waals surface area contributed by atoms with E-state index in [1.165, 1.54) is 6.07 Å². The number of fused-ring (bicyclic) bond motifs is 1. The van der Waals surface area contributed by atoms with Crippen LogP contribution in [0.5, 0.6) is 0 Å². The van der Waals surface area contributed by atoms with Crippen molar-refractivity contribution in [3.05, 3.63) is 46.5 Å². The summed E-state index contributed by atoms with van der Waals surface area (Å²) >= 11 is 0. The first-order chi connectivity index (χ1) is 19.2.